The largest absolute Gasteiger partial charge is 0.480 e. The molecule has 108 valence electrons. The second-order valence-corrected chi connectivity index (χ2v) is 5.12. The lowest BCUT2D eigenvalue weighted by atomic mass is 9.95. The predicted molar refractivity (Wildman–Crippen MR) is 71.8 cm³/mol. The summed E-state index contributed by atoms with van der Waals surface area (Å²) in [4.78, 5) is 25.1. The lowest BCUT2D eigenvalue weighted by Gasteiger charge is -2.34. The summed E-state index contributed by atoms with van der Waals surface area (Å²) in [7, 11) is 0. The van der Waals surface area contributed by atoms with E-state index in [1.165, 1.54) is 11.0 Å². The molecule has 0 aromatic heterocycles. The number of hydrogen-bond donors (Lipinski definition) is 1. The van der Waals surface area contributed by atoms with Crippen molar-refractivity contribution in [2.24, 2.45) is 0 Å². The number of benzene rings is 1. The molecule has 0 bridgehead atoms. The molecule has 1 fully saturated rings. The Labute approximate surface area is 117 Å². The van der Waals surface area contributed by atoms with Crippen molar-refractivity contribution in [3.63, 3.8) is 0 Å². The monoisotopic (exact) mass is 279 g/mol. The van der Waals surface area contributed by atoms with E-state index in [0.717, 1.165) is 12.8 Å². The molecule has 1 aliphatic heterocycles. The van der Waals surface area contributed by atoms with Crippen molar-refractivity contribution >= 4 is 11.9 Å². The molecule has 1 heterocycles. The first-order valence-corrected chi connectivity index (χ1v) is 6.80. The number of carbonyl (C=O) groups excluding carboxylic acids is 1. The van der Waals surface area contributed by atoms with Crippen LogP contribution in [0.5, 0.6) is 0 Å². The number of carboxylic acids is 1. The predicted octanol–water partition coefficient (Wildman–Crippen LogP) is 2.39. The molecule has 1 aromatic carbocycles. The lowest BCUT2D eigenvalue weighted by molar-refractivity contribution is -0.152. The van der Waals surface area contributed by atoms with Gasteiger partial charge in [0, 0.05) is 6.54 Å². The number of nitrogens with zero attached hydrogens (tertiary/aromatic N) is 1. The van der Waals surface area contributed by atoms with Gasteiger partial charge in [-0.2, -0.15) is 0 Å². The topological polar surface area (TPSA) is 57.6 Å². The number of hydrogen-bond acceptors (Lipinski definition) is 2. The number of likely N-dealkylation sites (tertiary alicyclic amines) is 1. The van der Waals surface area contributed by atoms with E-state index in [1.807, 2.05) is 0 Å². The highest BCUT2D eigenvalue weighted by atomic mass is 19.1. The molecule has 1 aliphatic rings. The average molecular weight is 279 g/mol. The first-order chi connectivity index (χ1) is 9.52. The first kappa shape index (κ1) is 14.5. The SMILES string of the molecule is C[C@H](C(=O)N1CCCC[C@H]1C(=O)O)c1ccccc1F. The number of rotatable bonds is 3. The highest BCUT2D eigenvalue weighted by Crippen LogP contribution is 2.25. The Balaban J connectivity index is 2.21. The third-order valence-electron chi connectivity index (χ3n) is 3.81. The van der Waals surface area contributed by atoms with Crippen LogP contribution in [0, 0.1) is 5.82 Å². The van der Waals surface area contributed by atoms with Gasteiger partial charge in [-0.3, -0.25) is 4.79 Å². The fraction of sp³-hybridized carbons (Fsp3) is 0.467. The highest BCUT2D eigenvalue weighted by Gasteiger charge is 2.34. The Morgan fingerprint density at radius 2 is 2.05 bits per heavy atom. The van der Waals surface area contributed by atoms with Crippen molar-refractivity contribution < 1.29 is 19.1 Å². The Hall–Kier alpha value is -1.91. The molecule has 20 heavy (non-hydrogen) atoms. The van der Waals surface area contributed by atoms with Crippen LogP contribution in [0.15, 0.2) is 24.3 Å². The van der Waals surface area contributed by atoms with Gasteiger partial charge in [-0.1, -0.05) is 18.2 Å². The van der Waals surface area contributed by atoms with Crippen molar-refractivity contribution in [2.45, 2.75) is 38.1 Å². The van der Waals surface area contributed by atoms with E-state index in [1.54, 1.807) is 25.1 Å². The first-order valence-electron chi connectivity index (χ1n) is 6.80. The zero-order chi connectivity index (χ0) is 14.7. The maximum absolute atomic E-state index is 13.7. The maximum Gasteiger partial charge on any atom is 0.326 e. The Bertz CT molecular complexity index is 518. The van der Waals surface area contributed by atoms with Crippen LogP contribution >= 0.6 is 0 Å². The minimum absolute atomic E-state index is 0.312. The van der Waals surface area contributed by atoms with E-state index in [9.17, 15) is 19.1 Å². The van der Waals surface area contributed by atoms with Crippen molar-refractivity contribution in [1.29, 1.82) is 0 Å². The minimum atomic E-state index is -0.987. The molecule has 1 amide bonds. The molecule has 4 nitrogen and oxygen atoms in total. The number of amides is 1. The molecule has 5 heteroatoms. The minimum Gasteiger partial charge on any atom is -0.480 e. The van der Waals surface area contributed by atoms with Crippen molar-refractivity contribution in [3.05, 3.63) is 35.6 Å². The second-order valence-electron chi connectivity index (χ2n) is 5.12. The van der Waals surface area contributed by atoms with Crippen LogP contribution < -0.4 is 0 Å². The quantitative estimate of drug-likeness (QED) is 0.924. The van der Waals surface area contributed by atoms with Gasteiger partial charge in [0.2, 0.25) is 5.91 Å². The summed E-state index contributed by atoms with van der Waals surface area (Å²) < 4.78 is 13.7. The fourth-order valence-corrected chi connectivity index (χ4v) is 2.66. The number of piperidine rings is 1. The normalized spacial score (nSPS) is 20.5. The van der Waals surface area contributed by atoms with Gasteiger partial charge >= 0.3 is 5.97 Å². The summed E-state index contributed by atoms with van der Waals surface area (Å²) in [5.74, 6) is -2.41. The standard InChI is InChI=1S/C15H18FNO3/c1-10(11-6-2-3-7-12(11)16)14(18)17-9-5-4-8-13(17)15(19)20/h2-3,6-7,10,13H,4-5,8-9H2,1H3,(H,19,20)/t10-,13-/m0/s1. The van der Waals surface area contributed by atoms with Gasteiger partial charge in [-0.15, -0.1) is 0 Å². The third-order valence-corrected chi connectivity index (χ3v) is 3.81. The Morgan fingerprint density at radius 3 is 2.70 bits per heavy atom. The van der Waals surface area contributed by atoms with Crippen molar-refractivity contribution in [1.82, 2.24) is 4.90 Å². The van der Waals surface area contributed by atoms with E-state index >= 15 is 0 Å². The van der Waals surface area contributed by atoms with Crippen LogP contribution in [-0.2, 0) is 9.59 Å². The molecular formula is C15H18FNO3. The Morgan fingerprint density at radius 1 is 1.35 bits per heavy atom. The van der Waals surface area contributed by atoms with Gasteiger partial charge in [0.25, 0.3) is 0 Å². The van der Waals surface area contributed by atoms with Crippen LogP contribution in [0.1, 0.15) is 37.7 Å². The molecule has 1 aromatic rings. The summed E-state index contributed by atoms with van der Waals surface area (Å²) in [6.07, 6.45) is 2.05. The molecule has 1 saturated heterocycles. The zero-order valence-electron chi connectivity index (χ0n) is 11.4. The maximum atomic E-state index is 13.7. The van der Waals surface area contributed by atoms with Crippen molar-refractivity contribution in [3.8, 4) is 0 Å². The van der Waals surface area contributed by atoms with Crippen LogP contribution in [0.4, 0.5) is 4.39 Å². The molecule has 2 rings (SSSR count). The number of carbonyl (C=O) groups is 2. The molecule has 2 atom stereocenters. The van der Waals surface area contributed by atoms with E-state index in [2.05, 4.69) is 0 Å². The molecule has 0 radical (unpaired) electrons. The van der Waals surface area contributed by atoms with Gasteiger partial charge in [0.05, 0.1) is 5.92 Å². The molecule has 0 unspecified atom stereocenters. The summed E-state index contributed by atoms with van der Waals surface area (Å²) in [5.41, 5.74) is 0.312. The summed E-state index contributed by atoms with van der Waals surface area (Å²) in [5, 5.41) is 9.20. The van der Waals surface area contributed by atoms with Gasteiger partial charge < -0.3 is 10.0 Å². The van der Waals surface area contributed by atoms with Gasteiger partial charge in [-0.25, -0.2) is 9.18 Å². The van der Waals surface area contributed by atoms with Crippen LogP contribution in [0.3, 0.4) is 0 Å². The zero-order valence-corrected chi connectivity index (χ0v) is 11.4. The third kappa shape index (κ3) is 2.81. The molecule has 0 aliphatic carbocycles. The van der Waals surface area contributed by atoms with E-state index in [4.69, 9.17) is 0 Å². The van der Waals surface area contributed by atoms with Crippen LogP contribution in [-0.4, -0.2) is 34.5 Å². The van der Waals surface area contributed by atoms with Gasteiger partial charge in [-0.05, 0) is 37.8 Å². The number of carboxylic acid groups (broad SMARTS) is 1. The summed E-state index contributed by atoms with van der Waals surface area (Å²) >= 11 is 0. The van der Waals surface area contributed by atoms with Crippen LogP contribution in [0.25, 0.3) is 0 Å². The van der Waals surface area contributed by atoms with E-state index in [-0.39, 0.29) is 5.91 Å². The lowest BCUT2D eigenvalue weighted by Crippen LogP contribution is -2.49. The molecular weight excluding hydrogens is 261 g/mol. The summed E-state index contributed by atoms with van der Waals surface area (Å²) in [6, 6.07) is 5.33. The highest BCUT2D eigenvalue weighted by molar-refractivity contribution is 5.88. The second kappa shape index (κ2) is 6.03. The Kier molecular flexibility index (Phi) is 4.37. The van der Waals surface area contributed by atoms with E-state index in [0.29, 0.717) is 18.5 Å². The number of aliphatic carboxylic acids is 1. The van der Waals surface area contributed by atoms with Gasteiger partial charge in [0.15, 0.2) is 0 Å². The van der Waals surface area contributed by atoms with E-state index < -0.39 is 23.7 Å². The molecule has 1 N–H and O–H groups in total. The fourth-order valence-electron chi connectivity index (χ4n) is 2.66. The molecule has 0 saturated carbocycles. The molecule has 0 spiro atoms. The summed E-state index contributed by atoms with van der Waals surface area (Å²) in [6.45, 7) is 2.04. The van der Waals surface area contributed by atoms with Crippen LogP contribution in [0.2, 0.25) is 0 Å². The van der Waals surface area contributed by atoms with Crippen molar-refractivity contribution in [2.75, 3.05) is 6.54 Å². The average Bonchev–Trinajstić information content (AvgIpc) is 2.46. The number of halogens is 1. The smallest absolute Gasteiger partial charge is 0.326 e. The van der Waals surface area contributed by atoms with Gasteiger partial charge in [0.1, 0.15) is 11.9 Å².